The molecule has 0 saturated heterocycles. The number of benzene rings is 1. The van der Waals surface area contributed by atoms with E-state index in [0.29, 0.717) is 17.7 Å². The van der Waals surface area contributed by atoms with E-state index in [2.05, 4.69) is 5.32 Å². The first-order chi connectivity index (χ1) is 8.45. The second-order valence-corrected chi connectivity index (χ2v) is 4.32. The Morgan fingerprint density at radius 1 is 1.44 bits per heavy atom. The van der Waals surface area contributed by atoms with Crippen molar-refractivity contribution in [2.24, 2.45) is 5.73 Å². The summed E-state index contributed by atoms with van der Waals surface area (Å²) in [6.07, 6.45) is 0. The van der Waals surface area contributed by atoms with Gasteiger partial charge in [0.2, 0.25) is 5.91 Å². The lowest BCUT2D eigenvalue weighted by molar-refractivity contribution is -0.123. The van der Waals surface area contributed by atoms with Crippen LogP contribution < -0.4 is 11.1 Å². The fraction of sp³-hybridized carbons (Fsp3) is 0.462. The van der Waals surface area contributed by atoms with Crippen LogP contribution in [0.3, 0.4) is 0 Å². The third kappa shape index (κ3) is 3.78. The Hall–Kier alpha value is -1.46. The van der Waals surface area contributed by atoms with Gasteiger partial charge in [-0.05, 0) is 30.5 Å². The van der Waals surface area contributed by atoms with Crippen LogP contribution in [0.1, 0.15) is 16.7 Å². The summed E-state index contributed by atoms with van der Waals surface area (Å²) in [6, 6.07) is 2.74. The minimum Gasteiger partial charge on any atom is -0.383 e. The number of carbonyl (C=O) groups is 1. The SMILES string of the molecule is COCC(N)C(=O)NCc1cc(C)c(F)c(C)c1. The fourth-order valence-corrected chi connectivity index (χ4v) is 1.71. The Morgan fingerprint density at radius 2 is 2.00 bits per heavy atom. The van der Waals surface area contributed by atoms with E-state index in [1.54, 1.807) is 26.0 Å². The highest BCUT2D eigenvalue weighted by molar-refractivity contribution is 5.81. The average Bonchev–Trinajstić information content (AvgIpc) is 2.33. The summed E-state index contributed by atoms with van der Waals surface area (Å²) in [6.45, 7) is 3.90. The number of hydrogen-bond donors (Lipinski definition) is 2. The van der Waals surface area contributed by atoms with Gasteiger partial charge in [0.05, 0.1) is 6.61 Å². The number of methoxy groups -OCH3 is 1. The minimum absolute atomic E-state index is 0.174. The number of rotatable bonds is 5. The van der Waals surface area contributed by atoms with Gasteiger partial charge in [0.15, 0.2) is 0 Å². The van der Waals surface area contributed by atoms with Gasteiger partial charge in [0, 0.05) is 13.7 Å². The molecule has 0 heterocycles. The number of aryl methyl sites for hydroxylation is 2. The van der Waals surface area contributed by atoms with Gasteiger partial charge in [-0.3, -0.25) is 4.79 Å². The largest absolute Gasteiger partial charge is 0.383 e. The van der Waals surface area contributed by atoms with E-state index >= 15 is 0 Å². The molecule has 1 aromatic rings. The minimum atomic E-state index is -0.683. The normalized spacial score (nSPS) is 12.3. The lowest BCUT2D eigenvalue weighted by Crippen LogP contribution is -2.43. The molecule has 1 amide bonds. The molecule has 0 aromatic heterocycles. The van der Waals surface area contributed by atoms with Crippen LogP contribution in [-0.4, -0.2) is 25.7 Å². The highest BCUT2D eigenvalue weighted by atomic mass is 19.1. The first-order valence-electron chi connectivity index (χ1n) is 5.73. The van der Waals surface area contributed by atoms with Crippen LogP contribution in [0.5, 0.6) is 0 Å². The maximum atomic E-state index is 13.4. The Balaban J connectivity index is 2.61. The van der Waals surface area contributed by atoms with E-state index in [1.165, 1.54) is 7.11 Å². The van der Waals surface area contributed by atoms with Crippen molar-refractivity contribution in [2.45, 2.75) is 26.4 Å². The van der Waals surface area contributed by atoms with Gasteiger partial charge in [0.25, 0.3) is 0 Å². The number of hydrogen-bond acceptors (Lipinski definition) is 3. The number of halogens is 1. The van der Waals surface area contributed by atoms with Gasteiger partial charge in [-0.1, -0.05) is 12.1 Å². The summed E-state index contributed by atoms with van der Waals surface area (Å²) in [7, 11) is 1.49. The molecule has 0 radical (unpaired) electrons. The van der Waals surface area contributed by atoms with Gasteiger partial charge in [-0.25, -0.2) is 4.39 Å². The number of ether oxygens (including phenoxy) is 1. The zero-order valence-electron chi connectivity index (χ0n) is 10.9. The maximum Gasteiger partial charge on any atom is 0.239 e. The van der Waals surface area contributed by atoms with Crippen LogP contribution in [0.2, 0.25) is 0 Å². The molecule has 0 bridgehead atoms. The van der Waals surface area contributed by atoms with Crippen LogP contribution in [0.4, 0.5) is 4.39 Å². The second kappa shape index (κ2) is 6.47. The molecule has 1 rings (SSSR count). The predicted octanol–water partition coefficient (Wildman–Crippen LogP) is 1.03. The van der Waals surface area contributed by atoms with Crippen molar-refractivity contribution < 1.29 is 13.9 Å². The number of nitrogens with one attached hydrogen (secondary N) is 1. The molecule has 1 aromatic carbocycles. The fourth-order valence-electron chi connectivity index (χ4n) is 1.71. The predicted molar refractivity (Wildman–Crippen MR) is 67.6 cm³/mol. The van der Waals surface area contributed by atoms with Crippen molar-refractivity contribution >= 4 is 5.91 Å². The Kier molecular flexibility index (Phi) is 5.25. The van der Waals surface area contributed by atoms with Gasteiger partial charge >= 0.3 is 0 Å². The molecule has 1 atom stereocenters. The molecule has 1 unspecified atom stereocenters. The molecule has 0 aliphatic carbocycles. The lowest BCUT2D eigenvalue weighted by atomic mass is 10.1. The van der Waals surface area contributed by atoms with Crippen molar-refractivity contribution in [1.29, 1.82) is 0 Å². The van der Waals surface area contributed by atoms with Crippen molar-refractivity contribution in [3.8, 4) is 0 Å². The Morgan fingerprint density at radius 3 is 2.50 bits per heavy atom. The highest BCUT2D eigenvalue weighted by Gasteiger charge is 2.12. The molecule has 0 fully saturated rings. The molecule has 5 heteroatoms. The van der Waals surface area contributed by atoms with E-state index in [1.807, 2.05) is 0 Å². The molecule has 0 aliphatic heterocycles. The van der Waals surface area contributed by atoms with E-state index in [4.69, 9.17) is 10.5 Å². The van der Waals surface area contributed by atoms with E-state index in [0.717, 1.165) is 5.56 Å². The van der Waals surface area contributed by atoms with Crippen LogP contribution in [0, 0.1) is 19.7 Å². The summed E-state index contributed by atoms with van der Waals surface area (Å²) >= 11 is 0. The molecule has 18 heavy (non-hydrogen) atoms. The molecule has 0 saturated carbocycles. The van der Waals surface area contributed by atoms with Gasteiger partial charge in [-0.2, -0.15) is 0 Å². The van der Waals surface area contributed by atoms with Crippen molar-refractivity contribution in [3.05, 3.63) is 34.6 Å². The maximum absolute atomic E-state index is 13.4. The molecule has 0 spiro atoms. The molecule has 3 N–H and O–H groups in total. The summed E-state index contributed by atoms with van der Waals surface area (Å²) in [5, 5.41) is 2.69. The quantitative estimate of drug-likeness (QED) is 0.825. The number of carbonyl (C=O) groups excluding carboxylic acids is 1. The van der Waals surface area contributed by atoms with E-state index < -0.39 is 6.04 Å². The van der Waals surface area contributed by atoms with Gasteiger partial charge in [-0.15, -0.1) is 0 Å². The molecular weight excluding hydrogens is 235 g/mol. The van der Waals surface area contributed by atoms with Gasteiger partial charge < -0.3 is 15.8 Å². The van der Waals surface area contributed by atoms with Crippen LogP contribution in [0.15, 0.2) is 12.1 Å². The first kappa shape index (κ1) is 14.6. The third-order valence-electron chi connectivity index (χ3n) is 2.65. The topological polar surface area (TPSA) is 64.3 Å². The number of nitrogens with two attached hydrogens (primary N) is 1. The smallest absolute Gasteiger partial charge is 0.239 e. The first-order valence-corrected chi connectivity index (χ1v) is 5.73. The summed E-state index contributed by atoms with van der Waals surface area (Å²) < 4.78 is 18.2. The van der Waals surface area contributed by atoms with E-state index in [-0.39, 0.29) is 18.3 Å². The highest BCUT2D eigenvalue weighted by Crippen LogP contribution is 2.14. The summed E-state index contributed by atoms with van der Waals surface area (Å²) in [4.78, 5) is 11.6. The number of amides is 1. The van der Waals surface area contributed by atoms with Crippen molar-refractivity contribution in [1.82, 2.24) is 5.32 Å². The summed E-state index contributed by atoms with van der Waals surface area (Å²) in [5.41, 5.74) is 7.57. The van der Waals surface area contributed by atoms with Crippen LogP contribution >= 0.6 is 0 Å². The van der Waals surface area contributed by atoms with Crippen LogP contribution in [0.25, 0.3) is 0 Å². The molecule has 4 nitrogen and oxygen atoms in total. The van der Waals surface area contributed by atoms with Gasteiger partial charge in [0.1, 0.15) is 11.9 Å². The molecular formula is C13H19FN2O2. The second-order valence-electron chi connectivity index (χ2n) is 4.32. The third-order valence-corrected chi connectivity index (χ3v) is 2.65. The average molecular weight is 254 g/mol. The van der Waals surface area contributed by atoms with Crippen LogP contribution in [-0.2, 0) is 16.1 Å². The van der Waals surface area contributed by atoms with E-state index in [9.17, 15) is 9.18 Å². The molecule has 100 valence electrons. The lowest BCUT2D eigenvalue weighted by Gasteiger charge is -2.12. The Bertz CT molecular complexity index is 412. The monoisotopic (exact) mass is 254 g/mol. The zero-order chi connectivity index (χ0) is 13.7. The Labute approximate surface area is 106 Å². The van der Waals surface area contributed by atoms with Crippen molar-refractivity contribution in [2.75, 3.05) is 13.7 Å². The van der Waals surface area contributed by atoms with Crippen molar-refractivity contribution in [3.63, 3.8) is 0 Å². The standard InChI is InChI=1S/C13H19FN2O2/c1-8-4-10(5-9(2)12(8)14)6-16-13(17)11(15)7-18-3/h4-5,11H,6-7,15H2,1-3H3,(H,16,17). The molecule has 0 aliphatic rings. The summed E-state index contributed by atoms with van der Waals surface area (Å²) in [5.74, 6) is -0.488. The zero-order valence-corrected chi connectivity index (χ0v) is 10.9.